The molecule has 0 radical (unpaired) electrons. The minimum Gasteiger partial charge on any atom is -0.463 e. The van der Waals surface area contributed by atoms with Gasteiger partial charge in [-0.2, -0.15) is 13.2 Å². The highest BCUT2D eigenvalue weighted by Gasteiger charge is 2.36. The molecule has 0 aromatic heterocycles. The molecule has 0 bridgehead atoms. The van der Waals surface area contributed by atoms with Crippen LogP contribution in [-0.4, -0.2) is 41.0 Å². The second-order valence-corrected chi connectivity index (χ2v) is 3.18. The van der Waals surface area contributed by atoms with Crippen LogP contribution >= 0.6 is 0 Å². The summed E-state index contributed by atoms with van der Waals surface area (Å²) in [7, 11) is 0. The van der Waals surface area contributed by atoms with Gasteiger partial charge in [-0.25, -0.2) is 9.90 Å². The smallest absolute Gasteiger partial charge is 0.418 e. The van der Waals surface area contributed by atoms with Crippen LogP contribution in [0, 0.1) is 0 Å². The molecule has 0 atom stereocenters. The average molecular weight is 252 g/mol. The molecule has 0 unspecified atom stereocenters. The van der Waals surface area contributed by atoms with Gasteiger partial charge in [0.25, 0.3) is 0 Å². The van der Waals surface area contributed by atoms with E-state index in [2.05, 4.69) is 14.2 Å². The summed E-state index contributed by atoms with van der Waals surface area (Å²) in [5, 5.41) is 3.44. The van der Waals surface area contributed by atoms with Crippen LogP contribution in [0.1, 0.15) is 13.8 Å². The number of esters is 1. The van der Waals surface area contributed by atoms with Crippen molar-refractivity contribution >= 4 is 28.2 Å². The number of allylic oxidation sites excluding steroid dienone is 1. The number of hydrogen-bond acceptors (Lipinski definition) is 4. The largest absolute Gasteiger partial charge is 0.463 e. The number of hydrazone groups is 1. The van der Waals surface area contributed by atoms with E-state index in [1.54, 1.807) is 0 Å². The van der Waals surface area contributed by atoms with Crippen LogP contribution in [0.4, 0.5) is 13.2 Å². The van der Waals surface area contributed by atoms with Crippen LogP contribution in [0.3, 0.4) is 0 Å². The number of nitrogens with one attached hydrogen (secondary N) is 1. The molecule has 0 fully saturated rings. The molecule has 0 aliphatic carbocycles. The molecule has 0 aromatic rings. The van der Waals surface area contributed by atoms with Crippen LogP contribution in [0.15, 0.2) is 16.8 Å². The monoisotopic (exact) mass is 252 g/mol. The number of rotatable bonds is 4. The topological polar surface area (TPSA) is 50.7 Å². The van der Waals surface area contributed by atoms with E-state index in [-0.39, 0.29) is 12.3 Å². The van der Waals surface area contributed by atoms with Gasteiger partial charge in [-0.15, -0.1) is 0 Å². The van der Waals surface area contributed by atoms with Crippen LogP contribution in [0.5, 0.6) is 0 Å². The van der Waals surface area contributed by atoms with Crippen LogP contribution < -0.4 is 4.41 Å². The quantitative estimate of drug-likeness (QED) is 0.261. The Hall–Kier alpha value is -0.998. The van der Waals surface area contributed by atoms with Gasteiger partial charge in [0.1, 0.15) is 0 Å². The summed E-state index contributed by atoms with van der Waals surface area (Å²) >= 11 is 0.422. The number of hydrogen-bond donors (Lipinski definition) is 1. The molecule has 0 spiro atoms. The lowest BCUT2D eigenvalue weighted by atomic mass is 10.1. The van der Waals surface area contributed by atoms with Gasteiger partial charge in [0.05, 0.1) is 17.9 Å². The maximum Gasteiger partial charge on any atom is 0.418 e. The van der Waals surface area contributed by atoms with Gasteiger partial charge in [-0.1, -0.05) is 0 Å². The maximum absolute atomic E-state index is 12.5. The normalized spacial score (nSPS) is 13.6. The fraction of sp³-hybridized carbons (Fsp3) is 0.500. The van der Waals surface area contributed by atoms with Crippen molar-refractivity contribution in [2.45, 2.75) is 20.0 Å². The SMILES string of the molecule is CCOC(=O)/C=C(\C(C)=N/[NH][AlH2])C(F)(F)F. The molecule has 4 nitrogen and oxygen atoms in total. The van der Waals surface area contributed by atoms with Gasteiger partial charge in [-0.05, 0) is 13.8 Å². The molecule has 0 amide bonds. The second kappa shape index (κ2) is 6.56. The number of carbonyl (C=O) groups is 1. The first-order valence-electron chi connectivity index (χ1n) is 4.50. The summed E-state index contributed by atoms with van der Waals surface area (Å²) in [5.74, 6) is -1.03. The lowest BCUT2D eigenvalue weighted by Crippen LogP contribution is -2.22. The molecule has 90 valence electrons. The number of ether oxygens (including phenoxy) is 1. The number of halogens is 3. The number of alkyl halides is 3. The molecule has 0 saturated carbocycles. The van der Waals surface area contributed by atoms with E-state index >= 15 is 0 Å². The molecule has 0 rings (SSSR count). The first-order valence-corrected chi connectivity index (χ1v) is 5.50. The molecule has 0 saturated heterocycles. The van der Waals surface area contributed by atoms with E-state index in [1.807, 2.05) is 0 Å². The van der Waals surface area contributed by atoms with Crippen molar-refractivity contribution in [3.63, 3.8) is 0 Å². The van der Waals surface area contributed by atoms with Gasteiger partial charge >= 0.3 is 28.7 Å². The summed E-state index contributed by atoms with van der Waals surface area (Å²) in [6.45, 7) is 2.71. The predicted octanol–water partition coefficient (Wildman–Crippen LogP) is 0.552. The highest BCUT2D eigenvalue weighted by atomic mass is 27.1. The van der Waals surface area contributed by atoms with E-state index < -0.39 is 17.7 Å². The molecular formula is C8H12AlF3N2O2. The number of nitrogens with zero attached hydrogens (tertiary/aromatic N) is 1. The zero-order valence-corrected chi connectivity index (χ0v) is 11.2. The minimum absolute atomic E-state index is 0.0234. The van der Waals surface area contributed by atoms with E-state index in [1.165, 1.54) is 13.8 Å². The molecule has 0 aliphatic rings. The Morgan fingerprint density at radius 3 is 2.50 bits per heavy atom. The zero-order chi connectivity index (χ0) is 12.8. The van der Waals surface area contributed by atoms with Crippen molar-refractivity contribution in [3.8, 4) is 0 Å². The molecule has 0 heterocycles. The maximum atomic E-state index is 12.5. The van der Waals surface area contributed by atoms with Crippen LogP contribution in [0.25, 0.3) is 0 Å². The van der Waals surface area contributed by atoms with E-state index in [9.17, 15) is 18.0 Å². The van der Waals surface area contributed by atoms with Crippen molar-refractivity contribution < 1.29 is 22.7 Å². The van der Waals surface area contributed by atoms with Gasteiger partial charge in [0, 0.05) is 6.08 Å². The Kier molecular flexibility index (Phi) is 6.15. The zero-order valence-electron chi connectivity index (χ0n) is 9.18. The highest BCUT2D eigenvalue weighted by Crippen LogP contribution is 2.26. The predicted molar refractivity (Wildman–Crippen MR) is 55.6 cm³/mol. The van der Waals surface area contributed by atoms with Crippen molar-refractivity contribution in [1.82, 2.24) is 4.41 Å². The van der Waals surface area contributed by atoms with E-state index in [4.69, 9.17) is 0 Å². The fourth-order valence-electron chi connectivity index (χ4n) is 0.921. The Bertz CT molecular complexity index is 313. The third-order valence-electron chi connectivity index (χ3n) is 1.52. The third-order valence-corrected chi connectivity index (χ3v) is 1.75. The first-order chi connectivity index (χ1) is 7.32. The Labute approximate surface area is 99.2 Å². The van der Waals surface area contributed by atoms with Crippen LogP contribution in [0.2, 0.25) is 0 Å². The molecule has 8 heteroatoms. The Balaban J connectivity index is 5.11. The molecule has 16 heavy (non-hydrogen) atoms. The summed E-state index contributed by atoms with van der Waals surface area (Å²) < 4.78 is 44.3. The van der Waals surface area contributed by atoms with E-state index in [0.717, 1.165) is 0 Å². The first kappa shape index (κ1) is 15.0. The Morgan fingerprint density at radius 2 is 2.12 bits per heavy atom. The van der Waals surface area contributed by atoms with Crippen LogP contribution in [-0.2, 0) is 9.53 Å². The highest BCUT2D eigenvalue weighted by molar-refractivity contribution is 6.07. The lowest BCUT2D eigenvalue weighted by molar-refractivity contribution is -0.138. The minimum atomic E-state index is -4.63. The second-order valence-electron chi connectivity index (χ2n) is 2.73. The van der Waals surface area contributed by atoms with Gasteiger partial charge in [0.2, 0.25) is 0 Å². The van der Waals surface area contributed by atoms with Crippen molar-refractivity contribution in [3.05, 3.63) is 11.6 Å². The summed E-state index contributed by atoms with van der Waals surface area (Å²) in [6, 6.07) is 0. The Morgan fingerprint density at radius 1 is 1.56 bits per heavy atom. The molecule has 0 aromatic carbocycles. The fourth-order valence-corrected chi connectivity index (χ4v) is 1.26. The van der Waals surface area contributed by atoms with Gasteiger partial charge in [0.15, 0.2) is 0 Å². The van der Waals surface area contributed by atoms with Gasteiger partial charge < -0.3 is 9.15 Å². The third kappa shape index (κ3) is 5.19. The number of carbonyl (C=O) groups excluding carboxylic acids is 1. The molecular weight excluding hydrogens is 240 g/mol. The summed E-state index contributed by atoms with van der Waals surface area (Å²) in [6.07, 6.45) is -4.22. The van der Waals surface area contributed by atoms with Crippen molar-refractivity contribution in [2.75, 3.05) is 6.61 Å². The van der Waals surface area contributed by atoms with Crippen molar-refractivity contribution in [2.24, 2.45) is 5.10 Å². The standard InChI is InChI=1S/C8H11F3N2O2.Al.2H/c1-3-15-7(14)4-6(5(2)13-12)8(9,10)11;;;/h4H,3H2,1-2H3,(H2,12,14);;;/q;+1;;/p-1. The average Bonchev–Trinajstić information content (AvgIpc) is 2.13. The molecule has 0 aliphatic heterocycles. The summed E-state index contributed by atoms with van der Waals surface area (Å²) in [4.78, 5) is 10.9. The molecule has 1 N–H and O–H groups in total. The van der Waals surface area contributed by atoms with Gasteiger partial charge in [-0.3, -0.25) is 0 Å². The summed E-state index contributed by atoms with van der Waals surface area (Å²) in [5.41, 5.74) is -1.40. The van der Waals surface area contributed by atoms with Crippen molar-refractivity contribution in [1.29, 1.82) is 0 Å². The van der Waals surface area contributed by atoms with E-state index in [0.29, 0.717) is 22.6 Å². The lowest BCUT2D eigenvalue weighted by Gasteiger charge is -2.11.